The minimum Gasteiger partial charge on any atom is -0.266 e. The van der Waals surface area contributed by atoms with Gasteiger partial charge in [-0.1, -0.05) is 54.1 Å². The number of carbonyl (C=O) groups is 1. The minimum atomic E-state index is -0.288. The molecule has 3 rings (SSSR count). The van der Waals surface area contributed by atoms with Gasteiger partial charge in [0, 0.05) is 10.1 Å². The molecule has 3 aromatic rings. The summed E-state index contributed by atoms with van der Waals surface area (Å²) in [5.41, 5.74) is 5.43. The highest BCUT2D eigenvalue weighted by Crippen LogP contribution is 2.35. The van der Waals surface area contributed by atoms with Crippen LogP contribution in [0.15, 0.2) is 53.6 Å². The summed E-state index contributed by atoms with van der Waals surface area (Å²) in [6.45, 7) is 3.87. The van der Waals surface area contributed by atoms with Gasteiger partial charge in [-0.15, -0.1) is 11.3 Å². The van der Waals surface area contributed by atoms with Crippen LogP contribution >= 0.6 is 22.9 Å². The largest absolute Gasteiger partial charge is 0.283 e. The number of amides is 1. The van der Waals surface area contributed by atoms with Crippen LogP contribution in [0.3, 0.4) is 0 Å². The van der Waals surface area contributed by atoms with Crippen LogP contribution in [0.25, 0.3) is 10.1 Å². The van der Waals surface area contributed by atoms with E-state index in [2.05, 4.69) is 10.5 Å². The molecule has 0 saturated carbocycles. The van der Waals surface area contributed by atoms with E-state index >= 15 is 0 Å². The Morgan fingerprint density at radius 2 is 1.91 bits per heavy atom. The highest BCUT2D eigenvalue weighted by Gasteiger charge is 2.16. The molecule has 0 bridgehead atoms. The molecule has 1 aromatic heterocycles. The van der Waals surface area contributed by atoms with E-state index in [1.807, 2.05) is 62.4 Å². The van der Waals surface area contributed by atoms with E-state index in [4.69, 9.17) is 11.6 Å². The number of halogens is 1. The topological polar surface area (TPSA) is 41.5 Å². The molecule has 0 fully saturated rings. The van der Waals surface area contributed by atoms with Gasteiger partial charge >= 0.3 is 0 Å². The zero-order chi connectivity index (χ0) is 16.4. The highest BCUT2D eigenvalue weighted by molar-refractivity contribution is 7.21. The predicted molar refractivity (Wildman–Crippen MR) is 97.7 cm³/mol. The molecule has 0 aliphatic carbocycles. The first-order chi connectivity index (χ1) is 11.1. The molecule has 0 spiro atoms. The summed E-state index contributed by atoms with van der Waals surface area (Å²) in [6, 6.07) is 15.7. The third kappa shape index (κ3) is 3.28. The SMILES string of the molecule is C/C(=N\NC(=O)c1sc2cc(C)ccc2c1Cl)c1ccccc1. The van der Waals surface area contributed by atoms with Crippen LogP contribution in [-0.4, -0.2) is 11.6 Å². The van der Waals surface area contributed by atoms with Gasteiger partial charge in [-0.05, 0) is 31.0 Å². The summed E-state index contributed by atoms with van der Waals surface area (Å²) in [6.07, 6.45) is 0. The zero-order valence-corrected chi connectivity index (χ0v) is 14.3. The molecule has 1 N–H and O–H groups in total. The number of benzene rings is 2. The van der Waals surface area contributed by atoms with Crippen molar-refractivity contribution in [3.8, 4) is 0 Å². The average molecular weight is 343 g/mol. The number of nitrogens with zero attached hydrogens (tertiary/aromatic N) is 1. The third-order valence-electron chi connectivity index (χ3n) is 3.51. The van der Waals surface area contributed by atoms with Crippen molar-refractivity contribution in [2.75, 3.05) is 0 Å². The standard InChI is InChI=1S/C18H15ClN2OS/c1-11-8-9-14-15(10-11)23-17(16(14)19)18(22)21-20-12(2)13-6-4-3-5-7-13/h3-10H,1-2H3,(H,21,22)/b20-12+. The first kappa shape index (κ1) is 15.7. The molecule has 0 aliphatic heterocycles. The second kappa shape index (κ2) is 6.52. The summed E-state index contributed by atoms with van der Waals surface area (Å²) in [5, 5.41) is 5.55. The number of nitrogens with one attached hydrogen (secondary N) is 1. The fourth-order valence-corrected chi connectivity index (χ4v) is 3.75. The van der Waals surface area contributed by atoms with Gasteiger partial charge in [0.1, 0.15) is 4.88 Å². The number of hydrogen-bond acceptors (Lipinski definition) is 3. The van der Waals surface area contributed by atoms with Crippen molar-refractivity contribution in [2.24, 2.45) is 5.10 Å². The number of fused-ring (bicyclic) bond motifs is 1. The Kier molecular flexibility index (Phi) is 4.46. The second-order valence-corrected chi connectivity index (χ2v) is 6.68. The van der Waals surface area contributed by atoms with Crippen LogP contribution in [0.2, 0.25) is 5.02 Å². The van der Waals surface area contributed by atoms with Crippen molar-refractivity contribution in [1.82, 2.24) is 5.43 Å². The molecule has 116 valence electrons. The molecular formula is C18H15ClN2OS. The molecule has 0 radical (unpaired) electrons. The lowest BCUT2D eigenvalue weighted by Gasteiger charge is -2.02. The van der Waals surface area contributed by atoms with Crippen LogP contribution in [0.5, 0.6) is 0 Å². The Bertz CT molecular complexity index is 900. The van der Waals surface area contributed by atoms with Crippen LogP contribution < -0.4 is 5.43 Å². The Hall–Kier alpha value is -2.17. The highest BCUT2D eigenvalue weighted by atomic mass is 35.5. The number of rotatable bonds is 3. The molecule has 0 saturated heterocycles. The van der Waals surface area contributed by atoms with Gasteiger partial charge in [-0.25, -0.2) is 5.43 Å². The lowest BCUT2D eigenvalue weighted by Crippen LogP contribution is -2.18. The van der Waals surface area contributed by atoms with E-state index in [0.29, 0.717) is 9.90 Å². The first-order valence-corrected chi connectivity index (χ1v) is 8.34. The van der Waals surface area contributed by atoms with Gasteiger partial charge in [0.25, 0.3) is 5.91 Å². The molecule has 5 heteroatoms. The van der Waals surface area contributed by atoms with E-state index in [0.717, 1.165) is 26.9 Å². The molecule has 1 heterocycles. The van der Waals surface area contributed by atoms with Gasteiger partial charge in [0.2, 0.25) is 0 Å². The van der Waals surface area contributed by atoms with Crippen molar-refractivity contribution < 1.29 is 4.79 Å². The van der Waals surface area contributed by atoms with E-state index in [1.165, 1.54) is 11.3 Å². The van der Waals surface area contributed by atoms with Crippen molar-refractivity contribution in [3.05, 3.63) is 69.6 Å². The number of aryl methyl sites for hydroxylation is 1. The molecular weight excluding hydrogens is 328 g/mol. The smallest absolute Gasteiger partial charge is 0.266 e. The molecule has 23 heavy (non-hydrogen) atoms. The van der Waals surface area contributed by atoms with E-state index < -0.39 is 0 Å². The van der Waals surface area contributed by atoms with E-state index in [-0.39, 0.29) is 5.91 Å². The van der Waals surface area contributed by atoms with Crippen LogP contribution in [0, 0.1) is 6.92 Å². The van der Waals surface area contributed by atoms with Gasteiger partial charge in [-0.2, -0.15) is 5.10 Å². The Morgan fingerprint density at radius 3 is 2.65 bits per heavy atom. The Labute approximate surface area is 143 Å². The summed E-state index contributed by atoms with van der Waals surface area (Å²) < 4.78 is 1.00. The second-order valence-electron chi connectivity index (χ2n) is 5.25. The maximum atomic E-state index is 12.4. The average Bonchev–Trinajstić information content (AvgIpc) is 2.89. The molecule has 0 unspecified atom stereocenters. The summed E-state index contributed by atoms with van der Waals surface area (Å²) in [5.74, 6) is -0.288. The molecule has 3 nitrogen and oxygen atoms in total. The van der Waals surface area contributed by atoms with Crippen LogP contribution in [0.1, 0.15) is 27.7 Å². The van der Waals surface area contributed by atoms with Gasteiger partial charge in [0.15, 0.2) is 0 Å². The maximum Gasteiger partial charge on any atom is 0.283 e. The van der Waals surface area contributed by atoms with E-state index in [1.54, 1.807) is 0 Å². The van der Waals surface area contributed by atoms with Gasteiger partial charge in [-0.3, -0.25) is 4.79 Å². The van der Waals surface area contributed by atoms with Crippen LogP contribution in [0.4, 0.5) is 0 Å². The minimum absolute atomic E-state index is 0.288. The molecule has 0 atom stereocenters. The van der Waals surface area contributed by atoms with Crippen molar-refractivity contribution in [2.45, 2.75) is 13.8 Å². The molecule has 0 aliphatic rings. The first-order valence-electron chi connectivity index (χ1n) is 7.15. The van der Waals surface area contributed by atoms with E-state index in [9.17, 15) is 4.79 Å². The van der Waals surface area contributed by atoms with Crippen molar-refractivity contribution in [1.29, 1.82) is 0 Å². The van der Waals surface area contributed by atoms with Gasteiger partial charge < -0.3 is 0 Å². The summed E-state index contributed by atoms with van der Waals surface area (Å²) in [7, 11) is 0. The fourth-order valence-electron chi connectivity index (χ4n) is 2.25. The predicted octanol–water partition coefficient (Wildman–Crippen LogP) is 5.02. The number of carbonyl (C=O) groups excluding carboxylic acids is 1. The maximum absolute atomic E-state index is 12.4. The lowest BCUT2D eigenvalue weighted by molar-refractivity contribution is 0.0959. The molecule has 1 amide bonds. The third-order valence-corrected chi connectivity index (χ3v) is 5.16. The van der Waals surface area contributed by atoms with Gasteiger partial charge in [0.05, 0.1) is 10.7 Å². The fraction of sp³-hybridized carbons (Fsp3) is 0.111. The molecule has 2 aromatic carbocycles. The monoisotopic (exact) mass is 342 g/mol. The number of hydrazone groups is 1. The number of hydrogen-bond donors (Lipinski definition) is 1. The summed E-state index contributed by atoms with van der Waals surface area (Å²) >= 11 is 7.72. The Morgan fingerprint density at radius 1 is 1.17 bits per heavy atom. The summed E-state index contributed by atoms with van der Waals surface area (Å²) in [4.78, 5) is 12.8. The zero-order valence-electron chi connectivity index (χ0n) is 12.8. The normalized spacial score (nSPS) is 11.7. The Balaban J connectivity index is 1.85. The van der Waals surface area contributed by atoms with Crippen molar-refractivity contribution >= 4 is 44.6 Å². The van der Waals surface area contributed by atoms with Crippen molar-refractivity contribution in [3.63, 3.8) is 0 Å². The van der Waals surface area contributed by atoms with Crippen LogP contribution in [-0.2, 0) is 0 Å². The number of thiophene rings is 1. The quantitative estimate of drug-likeness (QED) is 0.527. The lowest BCUT2D eigenvalue weighted by atomic mass is 10.1.